The van der Waals surface area contributed by atoms with Gasteiger partial charge in [0.25, 0.3) is 5.78 Å². The summed E-state index contributed by atoms with van der Waals surface area (Å²) in [5.41, 5.74) is 2.56. The van der Waals surface area contributed by atoms with Crippen molar-refractivity contribution >= 4 is 44.1 Å². The number of carbonyl (C=O) groups is 2. The third kappa shape index (κ3) is 4.20. The van der Waals surface area contributed by atoms with Crippen molar-refractivity contribution in [3.63, 3.8) is 0 Å². The molecule has 1 N–H and O–H groups in total. The molecule has 4 aromatic rings. The van der Waals surface area contributed by atoms with Crippen LogP contribution >= 0.6 is 11.3 Å². The van der Waals surface area contributed by atoms with E-state index in [0.717, 1.165) is 15.8 Å². The molecule has 7 nitrogen and oxygen atoms in total. The number of ketones is 1. The molecule has 0 spiro atoms. The Bertz CT molecular complexity index is 1530. The zero-order valence-electron chi connectivity index (χ0n) is 21.8. The average molecular weight is 529 g/mol. The first-order valence-corrected chi connectivity index (χ1v) is 13.0. The van der Waals surface area contributed by atoms with Crippen molar-refractivity contribution in [2.24, 2.45) is 0 Å². The minimum atomic E-state index is -0.904. The highest BCUT2D eigenvalue weighted by atomic mass is 32.1. The van der Waals surface area contributed by atoms with Gasteiger partial charge in [-0.15, -0.1) is 0 Å². The van der Waals surface area contributed by atoms with Crippen LogP contribution in [0.15, 0.2) is 72.3 Å². The van der Waals surface area contributed by atoms with Crippen LogP contribution in [0, 0.1) is 0 Å². The maximum absolute atomic E-state index is 13.6. The molecule has 194 valence electrons. The molecule has 1 atom stereocenters. The highest BCUT2D eigenvalue weighted by Gasteiger charge is 2.48. The first kappa shape index (κ1) is 25.5. The lowest BCUT2D eigenvalue weighted by Gasteiger charge is -2.25. The summed E-state index contributed by atoms with van der Waals surface area (Å²) in [6, 6.07) is 19.4. The van der Waals surface area contributed by atoms with Gasteiger partial charge >= 0.3 is 5.91 Å². The van der Waals surface area contributed by atoms with Gasteiger partial charge in [-0.25, -0.2) is 4.98 Å². The second-order valence-electron chi connectivity index (χ2n) is 10.0. The zero-order valence-corrected chi connectivity index (χ0v) is 22.6. The Kier molecular flexibility index (Phi) is 6.44. The van der Waals surface area contributed by atoms with Crippen LogP contribution in [0.2, 0.25) is 0 Å². The molecule has 38 heavy (non-hydrogen) atoms. The molecule has 1 unspecified atom stereocenters. The second-order valence-corrected chi connectivity index (χ2v) is 11.1. The molecule has 2 heterocycles. The van der Waals surface area contributed by atoms with E-state index in [4.69, 9.17) is 9.47 Å². The zero-order chi connectivity index (χ0) is 27.2. The number of methoxy groups -OCH3 is 2. The van der Waals surface area contributed by atoms with Crippen molar-refractivity contribution < 1.29 is 24.2 Å². The molecule has 5 rings (SSSR count). The summed E-state index contributed by atoms with van der Waals surface area (Å²) in [6.07, 6.45) is 0. The largest absolute Gasteiger partial charge is 0.506 e. The number of amides is 1. The Morgan fingerprint density at radius 2 is 1.55 bits per heavy atom. The summed E-state index contributed by atoms with van der Waals surface area (Å²) in [5, 5.41) is 12.0. The number of nitrogens with zero attached hydrogens (tertiary/aromatic N) is 2. The fourth-order valence-corrected chi connectivity index (χ4v) is 5.69. The number of hydrogen-bond acceptors (Lipinski definition) is 7. The van der Waals surface area contributed by atoms with Gasteiger partial charge < -0.3 is 14.6 Å². The van der Waals surface area contributed by atoms with Crippen LogP contribution < -0.4 is 14.4 Å². The Labute approximate surface area is 225 Å². The first-order valence-electron chi connectivity index (χ1n) is 12.1. The number of para-hydroxylation sites is 1. The lowest BCUT2D eigenvalue weighted by atomic mass is 9.85. The molecule has 0 bridgehead atoms. The quantitative estimate of drug-likeness (QED) is 0.187. The standard InChI is InChI=1S/C30H28N2O5S/c1-30(2,3)18-15-13-17(14-16-18)25-24(26(33)23-20(36-4)10-8-11-21(23)37-5)27(34)28(35)32(25)29-31-19-9-6-7-12-22(19)38-29/h6-16,25,33H,1-5H3/b26-24+. The number of aromatic nitrogens is 1. The second kappa shape index (κ2) is 9.61. The number of aliphatic hydroxyl groups is 1. The summed E-state index contributed by atoms with van der Waals surface area (Å²) < 4.78 is 11.9. The molecule has 1 fully saturated rings. The predicted octanol–water partition coefficient (Wildman–Crippen LogP) is 6.24. The van der Waals surface area contributed by atoms with Crippen LogP contribution in [0.5, 0.6) is 11.5 Å². The van der Waals surface area contributed by atoms with Crippen molar-refractivity contribution in [3.05, 3.63) is 89.0 Å². The number of rotatable bonds is 5. The molecule has 0 saturated carbocycles. The molecule has 1 aliphatic heterocycles. The van der Waals surface area contributed by atoms with Crippen LogP contribution in [0.1, 0.15) is 43.5 Å². The summed E-state index contributed by atoms with van der Waals surface area (Å²) in [4.78, 5) is 33.2. The number of aliphatic hydroxyl groups excluding tert-OH is 1. The van der Waals surface area contributed by atoms with Gasteiger partial charge in [0.2, 0.25) is 0 Å². The maximum atomic E-state index is 13.6. The van der Waals surface area contributed by atoms with Gasteiger partial charge in [-0.1, -0.05) is 74.6 Å². The van der Waals surface area contributed by atoms with E-state index in [2.05, 4.69) is 25.8 Å². The lowest BCUT2D eigenvalue weighted by molar-refractivity contribution is -0.132. The molecule has 0 radical (unpaired) electrons. The van der Waals surface area contributed by atoms with E-state index in [-0.39, 0.29) is 22.3 Å². The molecule has 8 heteroatoms. The third-order valence-corrected chi connectivity index (χ3v) is 7.73. The maximum Gasteiger partial charge on any atom is 0.301 e. The molecule has 0 aliphatic carbocycles. The van der Waals surface area contributed by atoms with E-state index in [1.807, 2.05) is 48.5 Å². The SMILES string of the molecule is COc1cccc(OC)c1/C(O)=C1\C(=O)C(=O)N(c2nc3ccccc3s2)C1c1ccc(C(C)(C)C)cc1. The van der Waals surface area contributed by atoms with Gasteiger partial charge in [-0.3, -0.25) is 14.5 Å². The molecular formula is C30H28N2O5S. The van der Waals surface area contributed by atoms with Crippen molar-refractivity contribution in [3.8, 4) is 11.5 Å². The smallest absolute Gasteiger partial charge is 0.301 e. The Hall–Kier alpha value is -4.17. The normalized spacial score (nSPS) is 17.3. The van der Waals surface area contributed by atoms with Gasteiger partial charge in [-0.2, -0.15) is 0 Å². The Balaban J connectivity index is 1.77. The van der Waals surface area contributed by atoms with E-state index in [0.29, 0.717) is 22.2 Å². The van der Waals surface area contributed by atoms with E-state index >= 15 is 0 Å². The molecule has 1 saturated heterocycles. The minimum absolute atomic E-state index is 0.0550. The fourth-order valence-electron chi connectivity index (χ4n) is 4.69. The lowest BCUT2D eigenvalue weighted by Crippen LogP contribution is -2.29. The van der Waals surface area contributed by atoms with Crippen LogP contribution in [-0.2, 0) is 15.0 Å². The van der Waals surface area contributed by atoms with Crippen molar-refractivity contribution in [2.75, 3.05) is 19.1 Å². The van der Waals surface area contributed by atoms with Gasteiger partial charge in [0.15, 0.2) is 5.13 Å². The van der Waals surface area contributed by atoms with Crippen LogP contribution in [0.25, 0.3) is 16.0 Å². The topological polar surface area (TPSA) is 89.0 Å². The van der Waals surface area contributed by atoms with Crippen LogP contribution in [-0.4, -0.2) is 36.0 Å². The van der Waals surface area contributed by atoms with Gasteiger partial charge in [0, 0.05) is 0 Å². The van der Waals surface area contributed by atoms with E-state index in [1.54, 1.807) is 18.2 Å². The molecule has 3 aromatic carbocycles. The highest BCUT2D eigenvalue weighted by Crippen LogP contribution is 2.46. The van der Waals surface area contributed by atoms with Gasteiger partial charge in [-0.05, 0) is 40.8 Å². The summed E-state index contributed by atoms with van der Waals surface area (Å²) in [5.74, 6) is -1.31. The van der Waals surface area contributed by atoms with E-state index in [1.165, 1.54) is 30.5 Å². The number of anilines is 1. The van der Waals surface area contributed by atoms with E-state index in [9.17, 15) is 14.7 Å². The van der Waals surface area contributed by atoms with Crippen molar-refractivity contribution in [1.82, 2.24) is 4.98 Å². The average Bonchev–Trinajstić information content (AvgIpc) is 3.45. The number of Topliss-reactive ketones (excluding diaryl/α,β-unsaturated/α-hetero) is 1. The summed E-state index contributed by atoms with van der Waals surface area (Å²) >= 11 is 1.32. The molecule has 1 aromatic heterocycles. The van der Waals surface area contributed by atoms with Crippen LogP contribution in [0.4, 0.5) is 5.13 Å². The predicted molar refractivity (Wildman–Crippen MR) is 149 cm³/mol. The Morgan fingerprint density at radius 1 is 0.921 bits per heavy atom. The van der Waals surface area contributed by atoms with Gasteiger partial charge in [0.05, 0.1) is 36.1 Å². The summed E-state index contributed by atoms with van der Waals surface area (Å²) in [7, 11) is 2.93. The summed E-state index contributed by atoms with van der Waals surface area (Å²) in [6.45, 7) is 6.34. The number of benzene rings is 3. The first-order chi connectivity index (χ1) is 18.2. The molecular weight excluding hydrogens is 500 g/mol. The number of ether oxygens (including phenoxy) is 2. The highest BCUT2D eigenvalue weighted by molar-refractivity contribution is 7.22. The minimum Gasteiger partial charge on any atom is -0.506 e. The third-order valence-electron chi connectivity index (χ3n) is 6.69. The monoisotopic (exact) mass is 528 g/mol. The number of hydrogen-bond donors (Lipinski definition) is 1. The van der Waals surface area contributed by atoms with E-state index < -0.39 is 17.7 Å². The van der Waals surface area contributed by atoms with Crippen molar-refractivity contribution in [1.29, 1.82) is 0 Å². The molecule has 1 aliphatic rings. The number of carbonyl (C=O) groups excluding carboxylic acids is 2. The van der Waals surface area contributed by atoms with Crippen LogP contribution in [0.3, 0.4) is 0 Å². The number of fused-ring (bicyclic) bond motifs is 1. The Morgan fingerprint density at radius 3 is 2.13 bits per heavy atom. The molecule has 1 amide bonds. The number of thiazole rings is 1. The van der Waals surface area contributed by atoms with Crippen molar-refractivity contribution in [2.45, 2.75) is 32.2 Å². The fraction of sp³-hybridized carbons (Fsp3) is 0.233. The van der Waals surface area contributed by atoms with Gasteiger partial charge in [0.1, 0.15) is 22.8 Å².